The molecule has 0 spiro atoms. The number of carbonyl (C=O) groups excluding carboxylic acids is 2. The van der Waals surface area contributed by atoms with E-state index in [2.05, 4.69) is 22.8 Å². The number of urea groups is 1. The molecule has 1 atom stereocenters. The largest absolute Gasteiger partial charge is 0.335 e. The van der Waals surface area contributed by atoms with Crippen LogP contribution in [0, 0.1) is 29.6 Å². The Hall–Kier alpha value is -1.84. The summed E-state index contributed by atoms with van der Waals surface area (Å²) < 4.78 is 0. The summed E-state index contributed by atoms with van der Waals surface area (Å²) in [4.78, 5) is 24.7. The lowest BCUT2D eigenvalue weighted by Gasteiger charge is -2.54. The number of ketones is 1. The number of Topliss-reactive ketones (excluding diaryl/α,β-unsaturated/α-hetero) is 1. The Kier molecular flexibility index (Phi) is 5.51. The summed E-state index contributed by atoms with van der Waals surface area (Å²) in [5.74, 6) is 3.21. The van der Waals surface area contributed by atoms with Gasteiger partial charge in [0.05, 0.1) is 6.54 Å². The first-order chi connectivity index (χ1) is 13.1. The summed E-state index contributed by atoms with van der Waals surface area (Å²) in [6.45, 7) is 2.09. The number of rotatable bonds is 7. The van der Waals surface area contributed by atoms with E-state index in [-0.39, 0.29) is 24.3 Å². The van der Waals surface area contributed by atoms with Crippen molar-refractivity contribution in [2.24, 2.45) is 29.6 Å². The minimum Gasteiger partial charge on any atom is -0.335 e. The molecule has 5 rings (SSSR count). The third kappa shape index (κ3) is 4.36. The molecule has 1 aromatic rings. The van der Waals surface area contributed by atoms with Crippen LogP contribution in [0.5, 0.6) is 0 Å². The highest BCUT2D eigenvalue weighted by Crippen LogP contribution is 2.53. The first-order valence-electron chi connectivity index (χ1n) is 10.7. The van der Waals surface area contributed by atoms with Gasteiger partial charge in [-0.25, -0.2) is 4.79 Å². The van der Waals surface area contributed by atoms with Crippen molar-refractivity contribution in [3.8, 4) is 0 Å². The van der Waals surface area contributed by atoms with Gasteiger partial charge in [0.1, 0.15) is 0 Å². The average molecular weight is 369 g/mol. The van der Waals surface area contributed by atoms with Crippen LogP contribution < -0.4 is 10.6 Å². The Labute approximate surface area is 162 Å². The second-order valence-electron chi connectivity index (χ2n) is 9.18. The zero-order valence-electron chi connectivity index (χ0n) is 16.3. The first-order valence-corrected chi connectivity index (χ1v) is 10.7. The van der Waals surface area contributed by atoms with Crippen molar-refractivity contribution in [1.82, 2.24) is 10.6 Å². The van der Waals surface area contributed by atoms with Crippen LogP contribution in [0.25, 0.3) is 0 Å². The van der Waals surface area contributed by atoms with E-state index in [1.165, 1.54) is 37.7 Å². The number of nitrogens with one attached hydrogen (secondary N) is 2. The van der Waals surface area contributed by atoms with E-state index in [9.17, 15) is 9.59 Å². The van der Waals surface area contributed by atoms with Crippen molar-refractivity contribution in [1.29, 1.82) is 0 Å². The molecule has 0 saturated heterocycles. The lowest BCUT2D eigenvalue weighted by Crippen LogP contribution is -2.57. The Morgan fingerprint density at radius 2 is 1.63 bits per heavy atom. The summed E-state index contributed by atoms with van der Waals surface area (Å²) in [7, 11) is 0. The number of aryl methyl sites for hydroxylation is 1. The molecule has 1 aromatic carbocycles. The Morgan fingerprint density at radius 1 is 1.00 bits per heavy atom. The maximum atomic E-state index is 12.4. The molecule has 4 heteroatoms. The van der Waals surface area contributed by atoms with Gasteiger partial charge in [0.25, 0.3) is 0 Å². The highest BCUT2D eigenvalue weighted by molar-refractivity contribution is 5.86. The molecule has 0 heterocycles. The number of benzene rings is 1. The summed E-state index contributed by atoms with van der Waals surface area (Å²) in [5.41, 5.74) is 1.25. The van der Waals surface area contributed by atoms with Crippen molar-refractivity contribution in [3.63, 3.8) is 0 Å². The van der Waals surface area contributed by atoms with E-state index in [4.69, 9.17) is 0 Å². The van der Waals surface area contributed by atoms with E-state index in [0.717, 1.165) is 24.7 Å². The van der Waals surface area contributed by atoms with Crippen LogP contribution in [-0.2, 0) is 11.2 Å². The number of carbonyl (C=O) groups is 2. The van der Waals surface area contributed by atoms with Crippen LogP contribution in [0.1, 0.15) is 51.0 Å². The van der Waals surface area contributed by atoms with E-state index >= 15 is 0 Å². The van der Waals surface area contributed by atoms with E-state index in [0.29, 0.717) is 17.9 Å². The highest BCUT2D eigenvalue weighted by atomic mass is 16.2. The fraction of sp³-hybridized carbons (Fsp3) is 0.652. The molecular formula is C23H32N2O2. The van der Waals surface area contributed by atoms with Crippen molar-refractivity contribution in [2.75, 3.05) is 6.54 Å². The Morgan fingerprint density at radius 3 is 2.26 bits per heavy atom. The van der Waals surface area contributed by atoms with Gasteiger partial charge in [-0.1, -0.05) is 37.3 Å². The van der Waals surface area contributed by atoms with Gasteiger partial charge in [0.2, 0.25) is 0 Å². The predicted molar refractivity (Wildman–Crippen MR) is 106 cm³/mol. The van der Waals surface area contributed by atoms with Gasteiger partial charge < -0.3 is 10.6 Å². The summed E-state index contributed by atoms with van der Waals surface area (Å²) >= 11 is 0. The van der Waals surface area contributed by atoms with E-state index in [1.54, 1.807) is 0 Å². The molecular weight excluding hydrogens is 336 g/mol. The summed E-state index contributed by atoms with van der Waals surface area (Å²) in [5, 5.41) is 6.03. The van der Waals surface area contributed by atoms with Crippen LogP contribution in [0.3, 0.4) is 0 Å². The predicted octanol–water partition coefficient (Wildman–Crippen LogP) is 3.95. The van der Waals surface area contributed by atoms with Gasteiger partial charge in [-0.3, -0.25) is 4.79 Å². The lowest BCUT2D eigenvalue weighted by atomic mass is 9.54. The molecule has 0 aromatic heterocycles. The molecule has 0 radical (unpaired) electrons. The molecule has 2 N–H and O–H groups in total. The first kappa shape index (κ1) is 18.5. The molecule has 2 amide bonds. The smallest absolute Gasteiger partial charge is 0.315 e. The zero-order valence-corrected chi connectivity index (χ0v) is 16.3. The average Bonchev–Trinajstić information content (AvgIpc) is 2.67. The molecule has 4 fully saturated rings. The lowest BCUT2D eigenvalue weighted by molar-refractivity contribution is -0.121. The van der Waals surface area contributed by atoms with Crippen molar-refractivity contribution >= 4 is 11.8 Å². The van der Waals surface area contributed by atoms with Gasteiger partial charge in [0.15, 0.2) is 5.78 Å². The number of hydrogen-bond donors (Lipinski definition) is 2. The highest BCUT2D eigenvalue weighted by Gasteiger charge is 2.48. The van der Waals surface area contributed by atoms with Gasteiger partial charge in [0, 0.05) is 12.0 Å². The molecule has 27 heavy (non-hydrogen) atoms. The van der Waals surface area contributed by atoms with E-state index in [1.807, 2.05) is 25.1 Å². The quantitative estimate of drug-likeness (QED) is 0.766. The molecule has 146 valence electrons. The normalized spacial score (nSPS) is 32.1. The van der Waals surface area contributed by atoms with Gasteiger partial charge in [-0.15, -0.1) is 0 Å². The molecule has 4 nitrogen and oxygen atoms in total. The SMILES string of the molecule is CC(CCc1ccccc1)C(=O)CNC(=O)NC1C2CC3CC(C2)CC1C3. The number of amides is 2. The van der Waals surface area contributed by atoms with Crippen LogP contribution in [0.4, 0.5) is 4.79 Å². The second kappa shape index (κ2) is 8.04. The standard InChI is InChI=1S/C23H32N2O2/c1-15(7-8-16-5-3-2-4-6-16)21(26)14-24-23(27)25-22-19-10-17-9-18(12-19)13-20(22)11-17/h2-6,15,17-20,22H,7-14H2,1H3,(H2,24,25,27). The third-order valence-corrected chi connectivity index (χ3v) is 7.21. The topological polar surface area (TPSA) is 58.2 Å². The van der Waals surface area contributed by atoms with Gasteiger partial charge in [-0.05, 0) is 74.2 Å². The van der Waals surface area contributed by atoms with Gasteiger partial charge >= 0.3 is 6.03 Å². The fourth-order valence-corrected chi connectivity index (χ4v) is 5.89. The maximum absolute atomic E-state index is 12.4. The van der Waals surface area contributed by atoms with Crippen LogP contribution >= 0.6 is 0 Å². The van der Waals surface area contributed by atoms with Crippen LogP contribution in [0.2, 0.25) is 0 Å². The summed E-state index contributed by atoms with van der Waals surface area (Å²) in [6.07, 6.45) is 8.28. The van der Waals surface area contributed by atoms with E-state index < -0.39 is 0 Å². The Balaban J connectivity index is 1.19. The fourth-order valence-electron chi connectivity index (χ4n) is 5.89. The molecule has 0 aliphatic heterocycles. The Bertz CT molecular complexity index is 644. The minimum absolute atomic E-state index is 0.0355. The zero-order chi connectivity index (χ0) is 18.8. The monoisotopic (exact) mass is 368 g/mol. The van der Waals surface area contributed by atoms with Gasteiger partial charge in [-0.2, -0.15) is 0 Å². The molecule has 4 saturated carbocycles. The molecule has 4 aliphatic carbocycles. The van der Waals surface area contributed by atoms with Crippen molar-refractivity contribution in [3.05, 3.63) is 35.9 Å². The second-order valence-corrected chi connectivity index (χ2v) is 9.18. The molecule has 4 aliphatic rings. The van der Waals surface area contributed by atoms with Crippen LogP contribution in [0.15, 0.2) is 30.3 Å². The number of hydrogen-bond acceptors (Lipinski definition) is 2. The summed E-state index contributed by atoms with van der Waals surface area (Å²) in [6, 6.07) is 10.4. The third-order valence-electron chi connectivity index (χ3n) is 7.21. The molecule has 4 bridgehead atoms. The maximum Gasteiger partial charge on any atom is 0.315 e. The van der Waals surface area contributed by atoms with Crippen LogP contribution in [-0.4, -0.2) is 24.4 Å². The minimum atomic E-state index is -0.156. The van der Waals surface area contributed by atoms with Crippen molar-refractivity contribution < 1.29 is 9.59 Å². The van der Waals surface area contributed by atoms with Crippen molar-refractivity contribution in [2.45, 2.75) is 57.9 Å². The molecule has 1 unspecified atom stereocenters.